The van der Waals surface area contributed by atoms with Crippen molar-refractivity contribution in [3.63, 3.8) is 0 Å². The summed E-state index contributed by atoms with van der Waals surface area (Å²) in [6.07, 6.45) is 0.915. The van der Waals surface area contributed by atoms with Crippen LogP contribution in [0.5, 0.6) is 0 Å². The predicted octanol–water partition coefficient (Wildman–Crippen LogP) is 0.512. The number of hydrogen-bond donors (Lipinski definition) is 3. The number of anilines is 1. The Morgan fingerprint density at radius 2 is 2.05 bits per heavy atom. The van der Waals surface area contributed by atoms with Gasteiger partial charge in [-0.25, -0.2) is 9.59 Å². The van der Waals surface area contributed by atoms with Gasteiger partial charge in [0.1, 0.15) is 5.56 Å². The third-order valence-corrected chi connectivity index (χ3v) is 2.72. The normalized spacial score (nSPS) is 10.0. The SMILES string of the molecule is O=C(COC(=O)c1c[nH]c(=O)[nH]c1=O)Nc1cccc(Cl)c1. The first-order valence-electron chi connectivity index (χ1n) is 6.00. The maximum Gasteiger partial charge on any atom is 0.345 e. The second-order valence-electron chi connectivity index (χ2n) is 4.12. The van der Waals surface area contributed by atoms with Crippen LogP contribution in [0.3, 0.4) is 0 Å². The molecule has 22 heavy (non-hydrogen) atoms. The lowest BCUT2D eigenvalue weighted by molar-refractivity contribution is -0.119. The Labute approximate surface area is 128 Å². The summed E-state index contributed by atoms with van der Waals surface area (Å²) in [6.45, 7) is -0.593. The van der Waals surface area contributed by atoms with Crippen LogP contribution in [0.25, 0.3) is 0 Å². The van der Waals surface area contributed by atoms with Crippen LogP contribution in [0.15, 0.2) is 40.1 Å². The van der Waals surface area contributed by atoms with Crippen molar-refractivity contribution in [2.24, 2.45) is 0 Å². The molecule has 0 aliphatic heterocycles. The Morgan fingerprint density at radius 1 is 1.27 bits per heavy atom. The molecule has 1 aromatic heterocycles. The van der Waals surface area contributed by atoms with Crippen molar-refractivity contribution < 1.29 is 14.3 Å². The summed E-state index contributed by atoms with van der Waals surface area (Å²) in [6, 6.07) is 6.41. The van der Waals surface area contributed by atoms with E-state index in [0.29, 0.717) is 10.7 Å². The van der Waals surface area contributed by atoms with E-state index in [9.17, 15) is 19.2 Å². The fraction of sp³-hybridized carbons (Fsp3) is 0.0769. The van der Waals surface area contributed by atoms with Gasteiger partial charge in [0.15, 0.2) is 6.61 Å². The molecule has 0 radical (unpaired) electrons. The molecule has 0 aliphatic rings. The van der Waals surface area contributed by atoms with Crippen molar-refractivity contribution in [1.29, 1.82) is 0 Å². The number of halogens is 1. The number of rotatable bonds is 4. The molecule has 0 spiro atoms. The third kappa shape index (κ3) is 4.06. The molecule has 0 saturated heterocycles. The molecule has 0 bridgehead atoms. The monoisotopic (exact) mass is 323 g/mol. The molecule has 8 nitrogen and oxygen atoms in total. The van der Waals surface area contributed by atoms with Crippen LogP contribution >= 0.6 is 11.6 Å². The largest absolute Gasteiger partial charge is 0.452 e. The summed E-state index contributed by atoms with van der Waals surface area (Å²) in [4.78, 5) is 49.4. The number of carbonyl (C=O) groups excluding carboxylic acids is 2. The van der Waals surface area contributed by atoms with Crippen LogP contribution in [0.2, 0.25) is 5.02 Å². The summed E-state index contributed by atoms with van der Waals surface area (Å²) < 4.78 is 4.69. The van der Waals surface area contributed by atoms with E-state index in [2.05, 4.69) is 15.0 Å². The quantitative estimate of drug-likeness (QED) is 0.708. The average Bonchev–Trinajstić information content (AvgIpc) is 2.45. The molecule has 1 heterocycles. The van der Waals surface area contributed by atoms with Crippen molar-refractivity contribution >= 4 is 29.2 Å². The van der Waals surface area contributed by atoms with Gasteiger partial charge in [-0.2, -0.15) is 0 Å². The minimum atomic E-state index is -1.03. The molecular formula is C13H10ClN3O5. The summed E-state index contributed by atoms with van der Waals surface area (Å²) in [5.41, 5.74) is -1.62. The van der Waals surface area contributed by atoms with Gasteiger partial charge in [-0.05, 0) is 18.2 Å². The second kappa shape index (κ2) is 6.72. The number of amides is 1. The number of carbonyl (C=O) groups is 2. The highest BCUT2D eigenvalue weighted by Gasteiger charge is 2.14. The van der Waals surface area contributed by atoms with Crippen LogP contribution in [-0.2, 0) is 9.53 Å². The number of esters is 1. The Kier molecular flexibility index (Phi) is 4.74. The molecule has 1 aromatic carbocycles. The molecule has 3 N–H and O–H groups in total. The Bertz CT molecular complexity index is 827. The van der Waals surface area contributed by atoms with Crippen LogP contribution < -0.4 is 16.6 Å². The third-order valence-electron chi connectivity index (χ3n) is 2.48. The number of aromatic amines is 2. The molecule has 0 aliphatic carbocycles. The van der Waals surface area contributed by atoms with E-state index in [4.69, 9.17) is 11.6 Å². The van der Waals surface area contributed by atoms with Gasteiger partial charge in [-0.3, -0.25) is 14.6 Å². The van der Waals surface area contributed by atoms with Crippen LogP contribution in [-0.4, -0.2) is 28.5 Å². The zero-order chi connectivity index (χ0) is 16.1. The van der Waals surface area contributed by atoms with Gasteiger partial charge in [-0.15, -0.1) is 0 Å². The number of aromatic nitrogens is 2. The molecule has 0 unspecified atom stereocenters. The number of nitrogens with one attached hydrogen (secondary N) is 3. The highest BCUT2D eigenvalue weighted by Crippen LogP contribution is 2.14. The van der Waals surface area contributed by atoms with E-state index in [1.165, 1.54) is 6.07 Å². The first-order valence-corrected chi connectivity index (χ1v) is 6.38. The van der Waals surface area contributed by atoms with Gasteiger partial charge in [-0.1, -0.05) is 17.7 Å². The van der Waals surface area contributed by atoms with Crippen LogP contribution in [0, 0.1) is 0 Å². The summed E-state index contributed by atoms with van der Waals surface area (Å²) in [5.74, 6) is -1.63. The standard InChI is InChI=1S/C13H10ClN3O5/c14-7-2-1-3-8(4-7)16-10(18)6-22-12(20)9-5-15-13(21)17-11(9)19/h1-5H,6H2,(H,16,18)(H2,15,17,19,21). The molecule has 1 amide bonds. The molecule has 2 rings (SSSR count). The van der Waals surface area contributed by atoms with Crippen LogP contribution in [0.1, 0.15) is 10.4 Å². The van der Waals surface area contributed by atoms with Gasteiger partial charge in [0.2, 0.25) is 0 Å². The minimum absolute atomic E-state index is 0.407. The van der Waals surface area contributed by atoms with Crippen molar-refractivity contribution in [3.8, 4) is 0 Å². The van der Waals surface area contributed by atoms with Gasteiger partial charge in [0.05, 0.1) is 0 Å². The smallest absolute Gasteiger partial charge is 0.345 e. The molecule has 114 valence electrons. The molecule has 0 fully saturated rings. The fourth-order valence-electron chi connectivity index (χ4n) is 1.53. The molecule has 0 atom stereocenters. The Morgan fingerprint density at radius 3 is 2.73 bits per heavy atom. The first-order chi connectivity index (χ1) is 10.5. The summed E-state index contributed by atoms with van der Waals surface area (Å²) in [7, 11) is 0. The molecular weight excluding hydrogens is 314 g/mol. The van der Waals surface area contributed by atoms with E-state index in [0.717, 1.165) is 6.20 Å². The average molecular weight is 324 g/mol. The summed E-state index contributed by atoms with van der Waals surface area (Å²) >= 11 is 5.76. The predicted molar refractivity (Wildman–Crippen MR) is 78.0 cm³/mol. The number of benzene rings is 1. The van der Waals surface area contributed by atoms with E-state index < -0.39 is 35.3 Å². The molecule has 2 aromatic rings. The van der Waals surface area contributed by atoms with Gasteiger partial charge in [0, 0.05) is 16.9 Å². The highest BCUT2D eigenvalue weighted by molar-refractivity contribution is 6.30. The zero-order valence-electron chi connectivity index (χ0n) is 11.0. The van der Waals surface area contributed by atoms with Gasteiger partial charge < -0.3 is 15.0 Å². The van der Waals surface area contributed by atoms with E-state index in [1.54, 1.807) is 18.2 Å². The number of hydrogen-bond acceptors (Lipinski definition) is 5. The number of ether oxygens (including phenoxy) is 1. The van der Waals surface area contributed by atoms with Crippen molar-refractivity contribution in [2.45, 2.75) is 0 Å². The Balaban J connectivity index is 1.94. The van der Waals surface area contributed by atoms with E-state index in [-0.39, 0.29) is 0 Å². The zero-order valence-corrected chi connectivity index (χ0v) is 11.8. The second-order valence-corrected chi connectivity index (χ2v) is 4.56. The maximum absolute atomic E-state index is 11.6. The van der Waals surface area contributed by atoms with E-state index >= 15 is 0 Å². The minimum Gasteiger partial charge on any atom is -0.452 e. The van der Waals surface area contributed by atoms with Crippen molar-refractivity contribution in [2.75, 3.05) is 11.9 Å². The fourth-order valence-corrected chi connectivity index (χ4v) is 1.72. The first kappa shape index (κ1) is 15.5. The van der Waals surface area contributed by atoms with Gasteiger partial charge >= 0.3 is 11.7 Å². The van der Waals surface area contributed by atoms with Crippen LogP contribution in [0.4, 0.5) is 5.69 Å². The van der Waals surface area contributed by atoms with Gasteiger partial charge in [0.25, 0.3) is 11.5 Å². The Hall–Kier alpha value is -2.87. The van der Waals surface area contributed by atoms with E-state index in [1.807, 2.05) is 4.98 Å². The number of H-pyrrole nitrogens is 2. The lowest BCUT2D eigenvalue weighted by Crippen LogP contribution is -2.29. The highest BCUT2D eigenvalue weighted by atomic mass is 35.5. The summed E-state index contributed by atoms with van der Waals surface area (Å²) in [5, 5.41) is 2.91. The lowest BCUT2D eigenvalue weighted by Gasteiger charge is -2.06. The topological polar surface area (TPSA) is 121 Å². The molecule has 0 saturated carbocycles. The lowest BCUT2D eigenvalue weighted by atomic mass is 10.3. The maximum atomic E-state index is 11.6. The van der Waals surface area contributed by atoms with Crippen molar-refractivity contribution in [1.82, 2.24) is 9.97 Å². The van der Waals surface area contributed by atoms with Crippen molar-refractivity contribution in [3.05, 3.63) is 61.9 Å². The molecule has 9 heteroatoms.